The molecule has 0 spiro atoms. The van der Waals surface area contributed by atoms with E-state index in [1.54, 1.807) is 0 Å². The molecule has 1 aliphatic carbocycles. The third kappa shape index (κ3) is 1.52. The fourth-order valence-electron chi connectivity index (χ4n) is 1.66. The Balaban J connectivity index is 2.85. The molecular weight excluding hydrogens is 136 g/mol. The number of carbonyl (C=O) groups excluding carboxylic acids is 1. The standard InChI is InChI=1S/C10H16O/c1-4-8-6-5-7-10(2,3)9(8)11/h4H,5-7H2,1-3H3/b8-4-. The largest absolute Gasteiger partial charge is 0.294 e. The Kier molecular flexibility index (Phi) is 2.17. The Morgan fingerprint density at radius 2 is 2.09 bits per heavy atom. The smallest absolute Gasteiger partial charge is 0.164 e. The Bertz CT molecular complexity index is 199. The van der Waals surface area contributed by atoms with Gasteiger partial charge in [-0.05, 0) is 31.8 Å². The fourth-order valence-corrected chi connectivity index (χ4v) is 1.66. The molecule has 0 amide bonds. The highest BCUT2D eigenvalue weighted by Gasteiger charge is 2.32. The molecule has 1 heteroatoms. The van der Waals surface area contributed by atoms with E-state index in [0.717, 1.165) is 18.4 Å². The van der Waals surface area contributed by atoms with Crippen molar-refractivity contribution in [2.75, 3.05) is 0 Å². The predicted molar refractivity (Wildman–Crippen MR) is 46.4 cm³/mol. The molecule has 11 heavy (non-hydrogen) atoms. The van der Waals surface area contributed by atoms with Gasteiger partial charge in [-0.2, -0.15) is 0 Å². The normalized spacial score (nSPS) is 27.5. The summed E-state index contributed by atoms with van der Waals surface area (Å²) in [4.78, 5) is 11.6. The minimum Gasteiger partial charge on any atom is -0.294 e. The summed E-state index contributed by atoms with van der Waals surface area (Å²) in [6.07, 6.45) is 5.16. The summed E-state index contributed by atoms with van der Waals surface area (Å²) >= 11 is 0. The fraction of sp³-hybridized carbons (Fsp3) is 0.700. The van der Waals surface area contributed by atoms with Crippen LogP contribution in [0.1, 0.15) is 40.0 Å². The molecule has 1 nitrogen and oxygen atoms in total. The lowest BCUT2D eigenvalue weighted by atomic mass is 9.74. The third-order valence-corrected chi connectivity index (χ3v) is 2.50. The first-order chi connectivity index (χ1) is 5.08. The van der Waals surface area contributed by atoms with Gasteiger partial charge in [0.1, 0.15) is 0 Å². The van der Waals surface area contributed by atoms with Crippen molar-refractivity contribution in [2.45, 2.75) is 40.0 Å². The van der Waals surface area contributed by atoms with Crippen LogP contribution in [-0.2, 0) is 4.79 Å². The van der Waals surface area contributed by atoms with Crippen LogP contribution in [0.15, 0.2) is 11.6 Å². The van der Waals surface area contributed by atoms with E-state index in [-0.39, 0.29) is 5.41 Å². The van der Waals surface area contributed by atoms with Gasteiger partial charge in [0.05, 0.1) is 0 Å². The lowest BCUT2D eigenvalue weighted by Crippen LogP contribution is -2.29. The van der Waals surface area contributed by atoms with Crippen LogP contribution in [-0.4, -0.2) is 5.78 Å². The predicted octanol–water partition coefficient (Wildman–Crippen LogP) is 2.71. The van der Waals surface area contributed by atoms with Gasteiger partial charge >= 0.3 is 0 Å². The Morgan fingerprint density at radius 3 is 2.55 bits per heavy atom. The minimum atomic E-state index is -0.0971. The lowest BCUT2D eigenvalue weighted by molar-refractivity contribution is -0.124. The van der Waals surface area contributed by atoms with Gasteiger partial charge in [0.15, 0.2) is 5.78 Å². The van der Waals surface area contributed by atoms with Gasteiger partial charge in [-0.1, -0.05) is 19.9 Å². The van der Waals surface area contributed by atoms with E-state index in [9.17, 15) is 4.79 Å². The van der Waals surface area contributed by atoms with Crippen LogP contribution in [0.25, 0.3) is 0 Å². The summed E-state index contributed by atoms with van der Waals surface area (Å²) in [5, 5.41) is 0. The summed E-state index contributed by atoms with van der Waals surface area (Å²) in [6.45, 7) is 6.03. The molecule has 0 unspecified atom stereocenters. The second-order valence-corrected chi connectivity index (χ2v) is 3.88. The van der Waals surface area contributed by atoms with Crippen molar-refractivity contribution in [2.24, 2.45) is 5.41 Å². The summed E-state index contributed by atoms with van der Waals surface area (Å²) in [5.74, 6) is 0.353. The molecule has 0 bridgehead atoms. The molecule has 0 aromatic heterocycles. The maximum absolute atomic E-state index is 11.6. The molecular formula is C10H16O. The van der Waals surface area contributed by atoms with E-state index in [1.807, 2.05) is 26.8 Å². The Morgan fingerprint density at radius 1 is 1.45 bits per heavy atom. The van der Waals surface area contributed by atoms with Crippen molar-refractivity contribution in [3.63, 3.8) is 0 Å². The van der Waals surface area contributed by atoms with Crippen molar-refractivity contribution in [1.82, 2.24) is 0 Å². The van der Waals surface area contributed by atoms with Crippen LogP contribution in [0.2, 0.25) is 0 Å². The van der Waals surface area contributed by atoms with Gasteiger partial charge in [-0.25, -0.2) is 0 Å². The van der Waals surface area contributed by atoms with Gasteiger partial charge in [0.2, 0.25) is 0 Å². The van der Waals surface area contributed by atoms with Gasteiger partial charge in [-0.15, -0.1) is 0 Å². The highest BCUT2D eigenvalue weighted by molar-refractivity contribution is 5.99. The van der Waals surface area contributed by atoms with E-state index in [4.69, 9.17) is 0 Å². The van der Waals surface area contributed by atoms with Crippen molar-refractivity contribution in [3.8, 4) is 0 Å². The second-order valence-electron chi connectivity index (χ2n) is 3.88. The molecule has 62 valence electrons. The van der Waals surface area contributed by atoms with Crippen molar-refractivity contribution < 1.29 is 4.79 Å². The van der Waals surface area contributed by atoms with Gasteiger partial charge in [0, 0.05) is 5.41 Å². The molecule has 1 saturated carbocycles. The van der Waals surface area contributed by atoms with Crippen molar-refractivity contribution in [1.29, 1.82) is 0 Å². The monoisotopic (exact) mass is 152 g/mol. The van der Waals surface area contributed by atoms with E-state index >= 15 is 0 Å². The molecule has 0 aliphatic heterocycles. The van der Waals surface area contributed by atoms with Crippen LogP contribution < -0.4 is 0 Å². The van der Waals surface area contributed by atoms with Gasteiger partial charge in [-0.3, -0.25) is 4.79 Å². The SMILES string of the molecule is C/C=C1/CCCC(C)(C)C1=O. The first kappa shape index (κ1) is 8.51. The Labute approximate surface area is 68.5 Å². The van der Waals surface area contributed by atoms with Gasteiger partial charge in [0.25, 0.3) is 0 Å². The summed E-state index contributed by atoms with van der Waals surface area (Å²) in [6, 6.07) is 0. The second kappa shape index (κ2) is 2.80. The number of carbonyl (C=O) groups is 1. The molecule has 0 aromatic carbocycles. The quantitative estimate of drug-likeness (QED) is 0.488. The maximum Gasteiger partial charge on any atom is 0.164 e. The summed E-state index contributed by atoms with van der Waals surface area (Å²) in [7, 11) is 0. The molecule has 0 saturated heterocycles. The summed E-state index contributed by atoms with van der Waals surface area (Å²) in [5.41, 5.74) is 0.932. The molecule has 1 rings (SSSR count). The van der Waals surface area contributed by atoms with E-state index in [1.165, 1.54) is 6.42 Å². The minimum absolute atomic E-state index is 0.0971. The van der Waals surface area contributed by atoms with Crippen LogP contribution in [0, 0.1) is 5.41 Å². The van der Waals surface area contributed by atoms with Gasteiger partial charge < -0.3 is 0 Å². The van der Waals surface area contributed by atoms with E-state index < -0.39 is 0 Å². The average molecular weight is 152 g/mol. The molecule has 0 heterocycles. The van der Waals surface area contributed by atoms with Crippen LogP contribution in [0.3, 0.4) is 0 Å². The molecule has 1 fully saturated rings. The zero-order valence-corrected chi connectivity index (χ0v) is 7.61. The Hall–Kier alpha value is -0.590. The van der Waals surface area contributed by atoms with Crippen molar-refractivity contribution in [3.05, 3.63) is 11.6 Å². The first-order valence-electron chi connectivity index (χ1n) is 4.28. The number of rotatable bonds is 0. The van der Waals surface area contributed by atoms with Crippen molar-refractivity contribution >= 4 is 5.78 Å². The van der Waals surface area contributed by atoms with Crippen LogP contribution in [0.5, 0.6) is 0 Å². The van der Waals surface area contributed by atoms with E-state index in [2.05, 4.69) is 0 Å². The van der Waals surface area contributed by atoms with E-state index in [0.29, 0.717) is 5.78 Å². The van der Waals surface area contributed by atoms with Crippen LogP contribution in [0.4, 0.5) is 0 Å². The highest BCUT2D eigenvalue weighted by Crippen LogP contribution is 2.34. The zero-order valence-electron chi connectivity index (χ0n) is 7.61. The highest BCUT2D eigenvalue weighted by atomic mass is 16.1. The average Bonchev–Trinajstić information content (AvgIpc) is 1.95. The molecule has 0 N–H and O–H groups in total. The molecule has 0 radical (unpaired) electrons. The zero-order chi connectivity index (χ0) is 8.48. The number of hydrogen-bond donors (Lipinski definition) is 0. The number of ketones is 1. The molecule has 0 atom stereocenters. The first-order valence-corrected chi connectivity index (χ1v) is 4.28. The summed E-state index contributed by atoms with van der Waals surface area (Å²) < 4.78 is 0. The molecule has 1 aliphatic rings. The lowest BCUT2D eigenvalue weighted by Gasteiger charge is -2.29. The topological polar surface area (TPSA) is 17.1 Å². The third-order valence-electron chi connectivity index (χ3n) is 2.50. The maximum atomic E-state index is 11.6. The number of hydrogen-bond acceptors (Lipinski definition) is 1. The van der Waals surface area contributed by atoms with Crippen LogP contribution >= 0.6 is 0 Å². The number of allylic oxidation sites excluding steroid dienone is 2. The molecule has 0 aromatic rings. The number of Topliss-reactive ketones (excluding diaryl/α,β-unsaturated/α-hetero) is 1.